The first-order valence-electron chi connectivity index (χ1n) is 5.50. The van der Waals surface area contributed by atoms with Crippen molar-refractivity contribution in [3.05, 3.63) is 11.1 Å². The van der Waals surface area contributed by atoms with Crippen LogP contribution < -0.4 is 5.73 Å². The Labute approximate surface area is 114 Å². The molecule has 1 heterocycles. The van der Waals surface area contributed by atoms with Gasteiger partial charge in [0, 0.05) is 5.38 Å². The van der Waals surface area contributed by atoms with Crippen LogP contribution in [0.3, 0.4) is 0 Å². The summed E-state index contributed by atoms with van der Waals surface area (Å²) >= 11 is 1.18. The first-order valence-corrected chi connectivity index (χ1v) is 6.38. The molecule has 1 aromatic heterocycles. The van der Waals surface area contributed by atoms with Gasteiger partial charge in [0.25, 0.3) is 0 Å². The standard InChI is InChI=1S/C11H15N3O4S/c1-4-17-9(16)11(2,3)18-14-7(5-15)8-6-19-10(12)13-8/h5-6H,4H2,1-3H3,(H2,12,13)/b14-7+. The summed E-state index contributed by atoms with van der Waals surface area (Å²) in [6.45, 7) is 4.91. The Balaban J connectivity index is 2.83. The number of oxime groups is 1. The molecule has 1 rings (SSSR count). The van der Waals surface area contributed by atoms with Crippen molar-refractivity contribution >= 4 is 34.4 Å². The smallest absolute Gasteiger partial charge is 0.352 e. The number of aldehydes is 1. The molecule has 2 N–H and O–H groups in total. The van der Waals surface area contributed by atoms with Gasteiger partial charge in [0.1, 0.15) is 5.69 Å². The van der Waals surface area contributed by atoms with Gasteiger partial charge in [-0.05, 0) is 20.8 Å². The second-order valence-electron chi connectivity index (χ2n) is 3.99. The van der Waals surface area contributed by atoms with Crippen molar-refractivity contribution in [1.29, 1.82) is 0 Å². The summed E-state index contributed by atoms with van der Waals surface area (Å²) < 4.78 is 4.83. The van der Waals surface area contributed by atoms with Gasteiger partial charge in [-0.1, -0.05) is 5.16 Å². The van der Waals surface area contributed by atoms with Crippen LogP contribution in [0, 0.1) is 0 Å². The minimum Gasteiger partial charge on any atom is -0.463 e. The summed E-state index contributed by atoms with van der Waals surface area (Å²) in [6, 6.07) is 0. The zero-order valence-corrected chi connectivity index (χ0v) is 11.7. The molecule has 104 valence electrons. The Kier molecular flexibility index (Phi) is 4.99. The number of esters is 1. The Morgan fingerprint density at radius 2 is 2.32 bits per heavy atom. The Bertz CT molecular complexity index is 496. The second kappa shape index (κ2) is 6.28. The third-order valence-electron chi connectivity index (χ3n) is 2.04. The number of carbonyl (C=O) groups is 2. The third-order valence-corrected chi connectivity index (χ3v) is 2.71. The van der Waals surface area contributed by atoms with Gasteiger partial charge in [-0.3, -0.25) is 4.79 Å². The predicted octanol–water partition coefficient (Wildman–Crippen LogP) is 0.987. The summed E-state index contributed by atoms with van der Waals surface area (Å²) in [4.78, 5) is 31.5. The Hall–Kier alpha value is -1.96. The number of ether oxygens (including phenoxy) is 1. The van der Waals surface area contributed by atoms with Crippen molar-refractivity contribution in [3.63, 3.8) is 0 Å². The lowest BCUT2D eigenvalue weighted by Gasteiger charge is -2.19. The molecule has 0 unspecified atom stereocenters. The van der Waals surface area contributed by atoms with E-state index in [9.17, 15) is 9.59 Å². The quantitative estimate of drug-likeness (QED) is 0.362. The summed E-state index contributed by atoms with van der Waals surface area (Å²) in [5.41, 5.74) is 4.44. The van der Waals surface area contributed by atoms with Gasteiger partial charge >= 0.3 is 5.97 Å². The van der Waals surface area contributed by atoms with Crippen molar-refractivity contribution in [1.82, 2.24) is 4.98 Å². The van der Waals surface area contributed by atoms with Crippen LogP contribution in [0.5, 0.6) is 0 Å². The summed E-state index contributed by atoms with van der Waals surface area (Å²) in [5, 5.41) is 5.52. The monoisotopic (exact) mass is 285 g/mol. The van der Waals surface area contributed by atoms with E-state index in [2.05, 4.69) is 10.1 Å². The molecule has 0 aliphatic carbocycles. The van der Waals surface area contributed by atoms with Crippen LogP contribution in [0.1, 0.15) is 26.5 Å². The molecule has 19 heavy (non-hydrogen) atoms. The SMILES string of the molecule is CCOC(=O)C(C)(C)O/N=C(\C=O)c1csc(N)n1. The summed E-state index contributed by atoms with van der Waals surface area (Å²) in [5.74, 6) is -0.568. The van der Waals surface area contributed by atoms with Crippen molar-refractivity contribution in [2.45, 2.75) is 26.4 Å². The van der Waals surface area contributed by atoms with Gasteiger partial charge in [-0.2, -0.15) is 0 Å². The number of nitrogens with two attached hydrogens (primary N) is 1. The first-order chi connectivity index (χ1) is 8.90. The van der Waals surface area contributed by atoms with Crippen LogP contribution in [0.2, 0.25) is 0 Å². The van der Waals surface area contributed by atoms with Crippen LogP contribution in [-0.4, -0.2) is 35.2 Å². The fourth-order valence-electron chi connectivity index (χ4n) is 1.04. The van der Waals surface area contributed by atoms with E-state index >= 15 is 0 Å². The fourth-order valence-corrected chi connectivity index (χ4v) is 1.60. The Morgan fingerprint density at radius 3 is 2.79 bits per heavy atom. The minimum atomic E-state index is -1.29. The topological polar surface area (TPSA) is 104 Å². The van der Waals surface area contributed by atoms with E-state index < -0.39 is 11.6 Å². The molecular weight excluding hydrogens is 270 g/mol. The van der Waals surface area contributed by atoms with Crippen LogP contribution in [-0.2, 0) is 19.2 Å². The highest BCUT2D eigenvalue weighted by molar-refractivity contribution is 7.13. The third kappa shape index (κ3) is 4.02. The average molecular weight is 285 g/mol. The maximum atomic E-state index is 11.6. The molecule has 0 aliphatic rings. The molecule has 0 amide bonds. The normalized spacial score (nSPS) is 12.1. The molecule has 0 atom stereocenters. The van der Waals surface area contributed by atoms with Crippen molar-refractivity contribution in [3.8, 4) is 0 Å². The van der Waals surface area contributed by atoms with Gasteiger partial charge in [-0.15, -0.1) is 11.3 Å². The van der Waals surface area contributed by atoms with Crippen LogP contribution in [0.25, 0.3) is 0 Å². The lowest BCUT2D eigenvalue weighted by molar-refractivity contribution is -0.167. The molecule has 0 spiro atoms. The fraction of sp³-hybridized carbons (Fsp3) is 0.455. The molecule has 0 aromatic carbocycles. The van der Waals surface area contributed by atoms with E-state index in [1.807, 2.05) is 0 Å². The number of nitrogens with zero attached hydrogens (tertiary/aromatic N) is 2. The molecule has 8 heteroatoms. The van der Waals surface area contributed by atoms with Gasteiger partial charge < -0.3 is 15.3 Å². The van der Waals surface area contributed by atoms with E-state index in [-0.39, 0.29) is 12.3 Å². The molecule has 0 fully saturated rings. The van der Waals surface area contributed by atoms with Gasteiger partial charge in [0.2, 0.25) is 5.60 Å². The zero-order chi connectivity index (χ0) is 14.5. The van der Waals surface area contributed by atoms with E-state index in [1.54, 1.807) is 12.3 Å². The zero-order valence-electron chi connectivity index (χ0n) is 10.9. The summed E-state index contributed by atoms with van der Waals surface area (Å²) in [7, 11) is 0. The number of rotatable bonds is 6. The molecule has 0 bridgehead atoms. The van der Waals surface area contributed by atoms with Gasteiger partial charge in [0.15, 0.2) is 17.1 Å². The van der Waals surface area contributed by atoms with Gasteiger partial charge in [0.05, 0.1) is 6.61 Å². The highest BCUT2D eigenvalue weighted by atomic mass is 32.1. The number of aromatic nitrogens is 1. The van der Waals surface area contributed by atoms with E-state index in [0.717, 1.165) is 0 Å². The minimum absolute atomic E-state index is 0.0367. The highest BCUT2D eigenvalue weighted by Crippen LogP contribution is 2.15. The Morgan fingerprint density at radius 1 is 1.63 bits per heavy atom. The van der Waals surface area contributed by atoms with E-state index in [4.69, 9.17) is 15.3 Å². The molecule has 1 aromatic rings. The van der Waals surface area contributed by atoms with Crippen molar-refractivity contribution in [2.24, 2.45) is 5.16 Å². The largest absolute Gasteiger partial charge is 0.463 e. The van der Waals surface area contributed by atoms with E-state index in [0.29, 0.717) is 17.1 Å². The van der Waals surface area contributed by atoms with Crippen molar-refractivity contribution in [2.75, 3.05) is 12.3 Å². The van der Waals surface area contributed by atoms with Crippen molar-refractivity contribution < 1.29 is 19.2 Å². The molecule has 0 saturated carbocycles. The molecule has 0 radical (unpaired) electrons. The number of hydrogen-bond donors (Lipinski definition) is 1. The second-order valence-corrected chi connectivity index (χ2v) is 4.88. The average Bonchev–Trinajstić information content (AvgIpc) is 2.77. The lowest BCUT2D eigenvalue weighted by Crippen LogP contribution is -2.35. The van der Waals surface area contributed by atoms with Crippen LogP contribution in [0.15, 0.2) is 10.5 Å². The molecule has 0 aliphatic heterocycles. The number of carbonyl (C=O) groups excluding carboxylic acids is 2. The number of hydrogen-bond acceptors (Lipinski definition) is 8. The number of anilines is 1. The summed E-state index contributed by atoms with van der Waals surface area (Å²) in [6.07, 6.45) is 0.482. The maximum Gasteiger partial charge on any atom is 0.352 e. The lowest BCUT2D eigenvalue weighted by atomic mass is 10.1. The molecular formula is C11H15N3O4S. The van der Waals surface area contributed by atoms with E-state index in [1.165, 1.54) is 25.2 Å². The number of nitrogen functional groups attached to an aromatic ring is 1. The van der Waals surface area contributed by atoms with Gasteiger partial charge in [-0.25, -0.2) is 9.78 Å². The number of thiazole rings is 1. The molecule has 0 saturated heterocycles. The molecule has 7 nitrogen and oxygen atoms in total. The highest BCUT2D eigenvalue weighted by Gasteiger charge is 2.32. The maximum absolute atomic E-state index is 11.6. The van der Waals surface area contributed by atoms with Crippen LogP contribution >= 0.6 is 11.3 Å². The first kappa shape index (κ1) is 15.1. The predicted molar refractivity (Wildman–Crippen MR) is 70.9 cm³/mol. The van der Waals surface area contributed by atoms with Crippen LogP contribution in [0.4, 0.5) is 5.13 Å².